The van der Waals surface area contributed by atoms with Crippen LogP contribution in [0, 0.1) is 6.92 Å². The Labute approximate surface area is 78.6 Å². The van der Waals surface area contributed by atoms with Crippen LogP contribution in [-0.4, -0.2) is 18.2 Å². The van der Waals surface area contributed by atoms with E-state index in [1.807, 2.05) is 19.2 Å². The first-order valence-electron chi connectivity index (χ1n) is 4.67. The number of aliphatic hydroxyl groups is 1. The molecular weight excluding hydrogens is 162 g/mol. The van der Waals surface area contributed by atoms with E-state index in [1.54, 1.807) is 0 Å². The predicted octanol–water partition coefficient (Wildman–Crippen LogP) is 1.17. The Morgan fingerprint density at radius 1 is 1.46 bits per heavy atom. The van der Waals surface area contributed by atoms with E-state index in [1.165, 1.54) is 11.1 Å². The van der Waals surface area contributed by atoms with Crippen LogP contribution in [0.1, 0.15) is 22.8 Å². The molecule has 0 radical (unpaired) electrons. The normalized spacial score (nSPS) is 26.1. The summed E-state index contributed by atoms with van der Waals surface area (Å²) in [5.74, 6) is 0. The van der Waals surface area contributed by atoms with Crippen LogP contribution >= 0.6 is 0 Å². The molecule has 13 heavy (non-hydrogen) atoms. The molecule has 1 aliphatic carbocycles. The average molecular weight is 177 g/mol. The molecule has 2 heteroatoms. The molecule has 1 aliphatic rings. The highest BCUT2D eigenvalue weighted by Gasteiger charge is 2.30. The number of nitrogens with one attached hydrogen (secondary N) is 1. The van der Waals surface area contributed by atoms with Crippen LogP contribution in [-0.2, 0) is 6.42 Å². The molecule has 1 aromatic carbocycles. The molecule has 2 N–H and O–H groups in total. The monoisotopic (exact) mass is 177 g/mol. The maximum absolute atomic E-state index is 9.90. The fourth-order valence-corrected chi connectivity index (χ4v) is 2.09. The second-order valence-corrected chi connectivity index (χ2v) is 3.69. The number of hydrogen-bond acceptors (Lipinski definition) is 2. The van der Waals surface area contributed by atoms with Crippen LogP contribution in [0.3, 0.4) is 0 Å². The first-order valence-corrected chi connectivity index (χ1v) is 4.67. The summed E-state index contributed by atoms with van der Waals surface area (Å²) in [5.41, 5.74) is 3.70. The number of aliphatic hydroxyl groups excluding tert-OH is 1. The quantitative estimate of drug-likeness (QED) is 0.675. The van der Waals surface area contributed by atoms with Crippen molar-refractivity contribution in [3.63, 3.8) is 0 Å². The zero-order valence-electron chi connectivity index (χ0n) is 8.04. The first-order chi connectivity index (χ1) is 6.24. The van der Waals surface area contributed by atoms with Gasteiger partial charge in [0.15, 0.2) is 0 Å². The summed E-state index contributed by atoms with van der Waals surface area (Å²) in [6.45, 7) is 2.10. The second-order valence-electron chi connectivity index (χ2n) is 3.69. The number of fused-ring (bicyclic) bond motifs is 1. The molecule has 0 bridgehead atoms. The van der Waals surface area contributed by atoms with Crippen molar-refractivity contribution >= 4 is 0 Å². The van der Waals surface area contributed by atoms with Gasteiger partial charge in [-0.3, -0.25) is 0 Å². The SMILES string of the molecule is CNC1Cc2c(C)cccc2C1O. The molecule has 70 valence electrons. The lowest BCUT2D eigenvalue weighted by Crippen LogP contribution is -2.29. The van der Waals surface area contributed by atoms with Gasteiger partial charge in [-0.2, -0.15) is 0 Å². The van der Waals surface area contributed by atoms with Gasteiger partial charge in [-0.15, -0.1) is 0 Å². The summed E-state index contributed by atoms with van der Waals surface area (Å²) in [7, 11) is 1.90. The molecule has 0 fully saturated rings. The topological polar surface area (TPSA) is 32.3 Å². The van der Waals surface area contributed by atoms with E-state index in [9.17, 15) is 5.11 Å². The minimum atomic E-state index is -0.333. The Hall–Kier alpha value is -0.860. The van der Waals surface area contributed by atoms with Crippen LogP contribution in [0.5, 0.6) is 0 Å². The third-order valence-electron chi connectivity index (χ3n) is 2.94. The van der Waals surface area contributed by atoms with Crippen LogP contribution in [0.25, 0.3) is 0 Å². The van der Waals surface area contributed by atoms with E-state index in [2.05, 4.69) is 18.3 Å². The second kappa shape index (κ2) is 3.13. The molecule has 0 amide bonds. The molecule has 1 aromatic rings. The van der Waals surface area contributed by atoms with E-state index < -0.39 is 0 Å². The molecule has 2 atom stereocenters. The van der Waals surface area contributed by atoms with E-state index in [-0.39, 0.29) is 12.1 Å². The van der Waals surface area contributed by atoms with Crippen molar-refractivity contribution in [3.05, 3.63) is 34.9 Å². The third-order valence-corrected chi connectivity index (χ3v) is 2.94. The van der Waals surface area contributed by atoms with Crippen LogP contribution in [0.4, 0.5) is 0 Å². The number of benzene rings is 1. The van der Waals surface area contributed by atoms with Crippen molar-refractivity contribution < 1.29 is 5.11 Å². The highest BCUT2D eigenvalue weighted by molar-refractivity contribution is 5.41. The standard InChI is InChI=1S/C11H15NO/c1-7-4-3-5-8-9(7)6-10(12-2)11(8)13/h3-5,10-13H,6H2,1-2H3. The molecule has 2 rings (SSSR count). The van der Waals surface area contributed by atoms with Crippen molar-refractivity contribution in [1.29, 1.82) is 0 Å². The van der Waals surface area contributed by atoms with Crippen molar-refractivity contribution in [3.8, 4) is 0 Å². The van der Waals surface area contributed by atoms with Gasteiger partial charge in [-0.25, -0.2) is 0 Å². The molecule has 2 nitrogen and oxygen atoms in total. The Kier molecular flexibility index (Phi) is 2.10. The van der Waals surface area contributed by atoms with Crippen molar-refractivity contribution in [2.75, 3.05) is 7.05 Å². The third kappa shape index (κ3) is 1.26. The van der Waals surface area contributed by atoms with Gasteiger partial charge in [-0.05, 0) is 37.1 Å². The van der Waals surface area contributed by atoms with E-state index >= 15 is 0 Å². The van der Waals surface area contributed by atoms with Gasteiger partial charge in [0.05, 0.1) is 6.10 Å². The smallest absolute Gasteiger partial charge is 0.0948 e. The van der Waals surface area contributed by atoms with Crippen LogP contribution in [0.2, 0.25) is 0 Å². The lowest BCUT2D eigenvalue weighted by Gasteiger charge is -2.12. The molecular formula is C11H15NO. The molecule has 0 aliphatic heterocycles. The fourth-order valence-electron chi connectivity index (χ4n) is 2.09. The van der Waals surface area contributed by atoms with Crippen LogP contribution < -0.4 is 5.32 Å². The largest absolute Gasteiger partial charge is 0.387 e. The zero-order chi connectivity index (χ0) is 9.42. The van der Waals surface area contributed by atoms with Gasteiger partial charge in [0.1, 0.15) is 0 Å². The predicted molar refractivity (Wildman–Crippen MR) is 52.7 cm³/mol. The highest BCUT2D eigenvalue weighted by atomic mass is 16.3. The first kappa shape index (κ1) is 8.73. The van der Waals surface area contributed by atoms with Crippen molar-refractivity contribution in [2.45, 2.75) is 25.5 Å². The summed E-state index contributed by atoms with van der Waals surface area (Å²) in [5, 5.41) is 13.0. The van der Waals surface area contributed by atoms with Gasteiger partial charge in [0.2, 0.25) is 0 Å². The van der Waals surface area contributed by atoms with E-state index in [4.69, 9.17) is 0 Å². The summed E-state index contributed by atoms with van der Waals surface area (Å²) < 4.78 is 0. The molecule has 0 spiro atoms. The Morgan fingerprint density at radius 3 is 2.85 bits per heavy atom. The van der Waals surface area contributed by atoms with Gasteiger partial charge in [0, 0.05) is 6.04 Å². The summed E-state index contributed by atoms with van der Waals surface area (Å²) in [4.78, 5) is 0. The Morgan fingerprint density at radius 2 is 2.23 bits per heavy atom. The minimum Gasteiger partial charge on any atom is -0.387 e. The van der Waals surface area contributed by atoms with Crippen molar-refractivity contribution in [2.24, 2.45) is 0 Å². The molecule has 2 unspecified atom stereocenters. The summed E-state index contributed by atoms with van der Waals surface area (Å²) in [6, 6.07) is 6.32. The summed E-state index contributed by atoms with van der Waals surface area (Å²) in [6.07, 6.45) is 0.611. The minimum absolute atomic E-state index is 0.191. The van der Waals surface area contributed by atoms with E-state index in [0.29, 0.717) is 0 Å². The average Bonchev–Trinajstić information content (AvgIpc) is 2.45. The lowest BCUT2D eigenvalue weighted by molar-refractivity contribution is 0.146. The molecule has 0 aromatic heterocycles. The number of hydrogen-bond donors (Lipinski definition) is 2. The van der Waals surface area contributed by atoms with Gasteiger partial charge < -0.3 is 10.4 Å². The molecule has 0 saturated heterocycles. The molecule has 0 saturated carbocycles. The summed E-state index contributed by atoms with van der Waals surface area (Å²) >= 11 is 0. The van der Waals surface area contributed by atoms with Gasteiger partial charge in [0.25, 0.3) is 0 Å². The number of aryl methyl sites for hydroxylation is 1. The Bertz CT molecular complexity index is 322. The lowest BCUT2D eigenvalue weighted by atomic mass is 10.0. The zero-order valence-corrected chi connectivity index (χ0v) is 8.04. The highest BCUT2D eigenvalue weighted by Crippen LogP contribution is 2.32. The number of rotatable bonds is 1. The maximum Gasteiger partial charge on any atom is 0.0948 e. The van der Waals surface area contributed by atoms with Crippen LogP contribution in [0.15, 0.2) is 18.2 Å². The van der Waals surface area contributed by atoms with Gasteiger partial charge >= 0.3 is 0 Å². The maximum atomic E-state index is 9.90. The van der Waals surface area contributed by atoms with E-state index in [0.717, 1.165) is 12.0 Å². The number of likely N-dealkylation sites (N-methyl/N-ethyl adjacent to an activating group) is 1. The Balaban J connectivity index is 2.43. The van der Waals surface area contributed by atoms with Gasteiger partial charge in [-0.1, -0.05) is 18.2 Å². The fraction of sp³-hybridized carbons (Fsp3) is 0.455. The molecule has 0 heterocycles. The van der Waals surface area contributed by atoms with Crippen molar-refractivity contribution in [1.82, 2.24) is 5.32 Å².